The van der Waals surface area contributed by atoms with Crippen LogP contribution in [0.3, 0.4) is 0 Å². The van der Waals surface area contributed by atoms with E-state index in [1.807, 2.05) is 0 Å². The minimum atomic E-state index is -0.822. The van der Waals surface area contributed by atoms with Crippen molar-refractivity contribution >= 4 is 11.0 Å². The first-order valence-corrected chi connectivity index (χ1v) is 4.26. The van der Waals surface area contributed by atoms with E-state index in [4.69, 9.17) is 4.74 Å². The van der Waals surface area contributed by atoms with Gasteiger partial charge in [0, 0.05) is 0 Å². The minimum Gasteiger partial charge on any atom is -0.379 e. The zero-order chi connectivity index (χ0) is 6.69. The highest BCUT2D eigenvalue weighted by Gasteiger charge is 2.10. The molecule has 0 bridgehead atoms. The molecule has 4 heteroatoms. The van der Waals surface area contributed by atoms with Crippen LogP contribution in [0.4, 0.5) is 0 Å². The normalized spacial score (nSPS) is 37.9. The molecule has 0 aromatic carbocycles. The van der Waals surface area contributed by atoms with E-state index in [0.717, 1.165) is 10.8 Å². The van der Waals surface area contributed by atoms with Gasteiger partial charge in [-0.25, -0.2) is 0 Å². The molecule has 3 nitrogen and oxygen atoms in total. The number of hydrogen-bond donors (Lipinski definition) is 1. The van der Waals surface area contributed by atoms with Crippen molar-refractivity contribution in [3.05, 3.63) is 7.05 Å². The Bertz CT molecular complexity index is 118. The predicted octanol–water partition coefficient (Wildman–Crippen LogP) is -1.64. The summed E-state index contributed by atoms with van der Waals surface area (Å²) in [6.45, 7) is 2.06. The highest BCUT2D eigenvalue weighted by Crippen LogP contribution is 1.79. The van der Waals surface area contributed by atoms with Crippen LogP contribution >= 0.6 is 0 Å². The Morgan fingerprint density at radius 2 is 2.33 bits per heavy atom. The third-order valence-electron chi connectivity index (χ3n) is 1.26. The molecule has 0 aromatic heterocycles. The Morgan fingerprint density at radius 3 is 3.11 bits per heavy atom. The van der Waals surface area contributed by atoms with Gasteiger partial charge in [0.1, 0.15) is 0 Å². The smallest absolute Gasteiger partial charge is 0.180 e. The Hall–Kier alpha value is 0.0700. The van der Waals surface area contributed by atoms with Gasteiger partial charge in [0.25, 0.3) is 0 Å². The third kappa shape index (κ3) is 2.04. The first-order chi connectivity index (χ1) is 4.30. The number of nitrogens with one attached hydrogen (secondary N) is 1. The largest absolute Gasteiger partial charge is 0.379 e. The summed E-state index contributed by atoms with van der Waals surface area (Å²) in [6, 6.07) is 0. The maximum absolute atomic E-state index is 10.9. The molecule has 0 radical (unpaired) electrons. The van der Waals surface area contributed by atoms with Crippen LogP contribution in [0.5, 0.6) is 0 Å². The fourth-order valence-corrected chi connectivity index (χ4v) is 1.55. The van der Waals surface area contributed by atoms with E-state index in [1.54, 1.807) is 0 Å². The van der Waals surface area contributed by atoms with E-state index in [1.165, 1.54) is 0 Å². The molecule has 1 aliphatic heterocycles. The molecule has 1 aliphatic rings. The van der Waals surface area contributed by atoms with Gasteiger partial charge < -0.3 is 9.04 Å². The molecule has 0 saturated carbocycles. The lowest BCUT2D eigenvalue weighted by atomic mass is 10.7. The molecule has 9 heavy (non-hydrogen) atoms. The molecule has 2 atom stereocenters. The van der Waals surface area contributed by atoms with Gasteiger partial charge in [-0.3, -0.25) is 0 Å². The standard InChI is InChI=1S/C5H11NO2S/c1-6-2-3-8-4-5-9(6)7/h6H,1-5H2. The van der Waals surface area contributed by atoms with E-state index in [0.29, 0.717) is 19.0 Å². The van der Waals surface area contributed by atoms with Crippen LogP contribution in [-0.2, 0) is 15.7 Å². The van der Waals surface area contributed by atoms with Crippen molar-refractivity contribution < 1.29 is 13.3 Å². The molecule has 1 fully saturated rings. The third-order valence-corrected chi connectivity index (χ3v) is 2.65. The highest BCUT2D eigenvalue weighted by molar-refractivity contribution is 7.78. The van der Waals surface area contributed by atoms with Gasteiger partial charge in [-0.1, -0.05) is 0 Å². The van der Waals surface area contributed by atoms with Crippen LogP contribution in [0, 0.1) is 7.05 Å². The van der Waals surface area contributed by atoms with E-state index in [2.05, 4.69) is 7.05 Å². The number of ether oxygens (including phenoxy) is 1. The summed E-state index contributed by atoms with van der Waals surface area (Å²) in [6.07, 6.45) is 0. The Morgan fingerprint density at radius 1 is 1.56 bits per heavy atom. The topological polar surface area (TPSA) is 30.7 Å². The number of rotatable bonds is 0. The van der Waals surface area contributed by atoms with Crippen LogP contribution in [0.1, 0.15) is 0 Å². The van der Waals surface area contributed by atoms with Crippen LogP contribution in [0.15, 0.2) is 0 Å². The van der Waals surface area contributed by atoms with Crippen molar-refractivity contribution in [2.45, 2.75) is 0 Å². The first kappa shape index (κ1) is 7.18. The second kappa shape index (κ2) is 3.29. The van der Waals surface area contributed by atoms with Crippen molar-refractivity contribution in [2.75, 3.05) is 25.5 Å². The SMILES string of the molecule is [CH2-][NH+]1CCOCCS1=O. The zero-order valence-corrected chi connectivity index (χ0v) is 6.08. The predicted molar refractivity (Wildman–Crippen MR) is 35.0 cm³/mol. The summed E-state index contributed by atoms with van der Waals surface area (Å²) in [7, 11) is 2.85. The van der Waals surface area contributed by atoms with Crippen LogP contribution < -0.4 is 4.31 Å². The van der Waals surface area contributed by atoms with Gasteiger partial charge in [-0.15, -0.1) is 7.05 Å². The van der Waals surface area contributed by atoms with Crippen molar-refractivity contribution in [1.29, 1.82) is 0 Å². The van der Waals surface area contributed by atoms with Crippen LogP contribution in [0.2, 0.25) is 0 Å². The van der Waals surface area contributed by atoms with Gasteiger partial charge in [-0.2, -0.15) is 4.21 Å². The molecule has 0 aliphatic carbocycles. The second-order valence-electron chi connectivity index (χ2n) is 1.95. The molecule has 1 N–H and O–H groups in total. The highest BCUT2D eigenvalue weighted by atomic mass is 32.2. The van der Waals surface area contributed by atoms with Crippen molar-refractivity contribution in [3.8, 4) is 0 Å². The van der Waals surface area contributed by atoms with Crippen LogP contribution in [-0.4, -0.2) is 29.7 Å². The molecule has 0 amide bonds. The molecule has 2 unspecified atom stereocenters. The summed E-state index contributed by atoms with van der Waals surface area (Å²) < 4.78 is 16.9. The molecule has 54 valence electrons. The van der Waals surface area contributed by atoms with E-state index >= 15 is 0 Å². The fourth-order valence-electron chi connectivity index (χ4n) is 0.681. The lowest BCUT2D eigenvalue weighted by molar-refractivity contribution is -0.708. The van der Waals surface area contributed by atoms with Crippen molar-refractivity contribution in [2.24, 2.45) is 0 Å². The van der Waals surface area contributed by atoms with E-state index < -0.39 is 11.0 Å². The Labute approximate surface area is 57.6 Å². The number of hydrogen-bond acceptors (Lipinski definition) is 2. The summed E-state index contributed by atoms with van der Waals surface area (Å²) in [4.78, 5) is 0. The lowest BCUT2D eigenvalue weighted by Gasteiger charge is -2.13. The lowest BCUT2D eigenvalue weighted by Crippen LogP contribution is -3.07. The first-order valence-electron chi connectivity index (χ1n) is 2.94. The van der Waals surface area contributed by atoms with Gasteiger partial charge in [-0.05, 0) is 0 Å². The molecule has 1 saturated heterocycles. The Kier molecular flexibility index (Phi) is 2.63. The number of quaternary nitrogens is 1. The fraction of sp³-hybridized carbons (Fsp3) is 0.800. The molecule has 0 aromatic rings. The van der Waals surface area contributed by atoms with Gasteiger partial charge >= 0.3 is 0 Å². The van der Waals surface area contributed by atoms with Crippen molar-refractivity contribution in [1.82, 2.24) is 0 Å². The zero-order valence-electron chi connectivity index (χ0n) is 5.26. The van der Waals surface area contributed by atoms with E-state index in [-0.39, 0.29) is 0 Å². The van der Waals surface area contributed by atoms with Gasteiger partial charge in [0.2, 0.25) is 0 Å². The molecular weight excluding hydrogens is 138 g/mol. The quantitative estimate of drug-likeness (QED) is 0.419. The van der Waals surface area contributed by atoms with Gasteiger partial charge in [0.05, 0.1) is 25.5 Å². The second-order valence-corrected chi connectivity index (χ2v) is 3.63. The van der Waals surface area contributed by atoms with E-state index in [9.17, 15) is 4.21 Å². The molecule has 1 heterocycles. The average molecular weight is 149 g/mol. The monoisotopic (exact) mass is 149 g/mol. The van der Waals surface area contributed by atoms with Gasteiger partial charge in [0.15, 0.2) is 11.0 Å². The molecular formula is C5H11NO2S. The molecule has 0 spiro atoms. The summed E-state index contributed by atoms with van der Waals surface area (Å²) in [5, 5.41) is 0. The minimum absolute atomic E-state index is 0.617. The summed E-state index contributed by atoms with van der Waals surface area (Å²) >= 11 is 0. The molecule has 1 rings (SSSR count). The Balaban J connectivity index is 2.41. The van der Waals surface area contributed by atoms with Crippen LogP contribution in [0.25, 0.3) is 0 Å². The average Bonchev–Trinajstić information content (AvgIpc) is 1.99. The van der Waals surface area contributed by atoms with Crippen molar-refractivity contribution in [3.63, 3.8) is 0 Å². The summed E-state index contributed by atoms with van der Waals surface area (Å²) in [5.41, 5.74) is 0. The summed E-state index contributed by atoms with van der Waals surface area (Å²) in [5.74, 6) is 0.624. The maximum atomic E-state index is 10.9. The maximum Gasteiger partial charge on any atom is 0.180 e.